The fraction of sp³-hybridized carbons (Fsp3) is 0.583. The van der Waals surface area contributed by atoms with E-state index in [1.165, 1.54) is 0 Å². The molecule has 32 heavy (non-hydrogen) atoms. The number of nitriles is 1. The lowest BCUT2D eigenvalue weighted by molar-refractivity contribution is -0.144. The summed E-state index contributed by atoms with van der Waals surface area (Å²) in [4.78, 5) is 42.2. The molecule has 8 nitrogen and oxygen atoms in total. The molecule has 2 fully saturated rings. The van der Waals surface area contributed by atoms with Crippen LogP contribution in [0.15, 0.2) is 24.3 Å². The first-order chi connectivity index (χ1) is 15.2. The highest BCUT2D eigenvalue weighted by Gasteiger charge is 2.41. The Labute approximate surface area is 189 Å². The largest absolute Gasteiger partial charge is 0.444 e. The predicted octanol–water partition coefficient (Wildman–Crippen LogP) is 2.61. The second kappa shape index (κ2) is 10.0. The quantitative estimate of drug-likeness (QED) is 0.758. The molecular formula is C24H32N4O4. The molecule has 1 aromatic rings. The number of hydrogen-bond acceptors (Lipinski definition) is 5. The van der Waals surface area contributed by atoms with E-state index in [0.29, 0.717) is 38.0 Å². The zero-order valence-electron chi connectivity index (χ0n) is 19.1. The highest BCUT2D eigenvalue weighted by atomic mass is 16.6. The van der Waals surface area contributed by atoms with E-state index in [9.17, 15) is 14.4 Å². The zero-order valence-corrected chi connectivity index (χ0v) is 19.1. The number of nitrogens with one attached hydrogen (secondary N) is 1. The molecule has 0 spiro atoms. The summed E-state index contributed by atoms with van der Waals surface area (Å²) < 4.78 is 5.28. The van der Waals surface area contributed by atoms with Crippen LogP contribution in [0.4, 0.5) is 4.79 Å². The minimum atomic E-state index is -0.706. The maximum Gasteiger partial charge on any atom is 0.408 e. The van der Waals surface area contributed by atoms with Crippen molar-refractivity contribution in [2.45, 2.75) is 70.6 Å². The zero-order chi connectivity index (χ0) is 23.3. The summed E-state index contributed by atoms with van der Waals surface area (Å²) in [5.74, 6) is -0.319. The van der Waals surface area contributed by atoms with Gasteiger partial charge in [0.1, 0.15) is 17.7 Å². The fourth-order valence-electron chi connectivity index (χ4n) is 4.19. The molecule has 0 aliphatic carbocycles. The molecule has 3 rings (SSSR count). The van der Waals surface area contributed by atoms with Gasteiger partial charge in [0.2, 0.25) is 11.8 Å². The predicted molar refractivity (Wildman–Crippen MR) is 119 cm³/mol. The monoisotopic (exact) mass is 440 g/mol. The van der Waals surface area contributed by atoms with Gasteiger partial charge in [-0.1, -0.05) is 12.1 Å². The third kappa shape index (κ3) is 6.00. The highest BCUT2D eigenvalue weighted by molar-refractivity contribution is 5.93. The van der Waals surface area contributed by atoms with Crippen molar-refractivity contribution in [3.8, 4) is 6.07 Å². The first-order valence-electron chi connectivity index (χ1n) is 11.3. The van der Waals surface area contributed by atoms with Crippen molar-refractivity contribution in [2.24, 2.45) is 0 Å². The van der Waals surface area contributed by atoms with Crippen molar-refractivity contribution >= 4 is 17.9 Å². The molecule has 2 aliphatic heterocycles. The highest BCUT2D eigenvalue weighted by Crippen LogP contribution is 2.22. The standard InChI is InChI=1S/C24H32N4O4/c1-24(2,3)32-23(31)26-19-11-14-28(21(19)29)20(22(30)27-12-5-4-6-13-27)15-17-7-9-18(16-25)10-8-17/h7-10,19-20H,4-6,11-15H2,1-3H3,(H,26,31). The second-order valence-corrected chi connectivity index (χ2v) is 9.43. The third-order valence-corrected chi connectivity index (χ3v) is 5.77. The number of carbonyl (C=O) groups excluding carboxylic acids is 3. The maximum atomic E-state index is 13.4. The number of piperidine rings is 1. The molecular weight excluding hydrogens is 408 g/mol. The molecule has 1 N–H and O–H groups in total. The van der Waals surface area contributed by atoms with Gasteiger partial charge in [-0.15, -0.1) is 0 Å². The Morgan fingerprint density at radius 2 is 1.81 bits per heavy atom. The third-order valence-electron chi connectivity index (χ3n) is 5.77. The summed E-state index contributed by atoms with van der Waals surface area (Å²) in [7, 11) is 0. The van der Waals surface area contributed by atoms with E-state index in [2.05, 4.69) is 11.4 Å². The summed E-state index contributed by atoms with van der Waals surface area (Å²) in [6.07, 6.45) is 3.19. The van der Waals surface area contributed by atoms with E-state index in [4.69, 9.17) is 10.00 Å². The van der Waals surface area contributed by atoms with Gasteiger partial charge in [0, 0.05) is 26.1 Å². The number of rotatable bonds is 5. The Morgan fingerprint density at radius 3 is 2.41 bits per heavy atom. The fourth-order valence-corrected chi connectivity index (χ4v) is 4.19. The number of alkyl carbamates (subject to hydrolysis) is 1. The molecule has 8 heteroatoms. The van der Waals surface area contributed by atoms with E-state index < -0.39 is 23.8 Å². The van der Waals surface area contributed by atoms with Gasteiger partial charge in [0.05, 0.1) is 11.6 Å². The van der Waals surface area contributed by atoms with E-state index in [1.807, 2.05) is 17.0 Å². The summed E-state index contributed by atoms with van der Waals surface area (Å²) in [6.45, 7) is 7.08. The summed E-state index contributed by atoms with van der Waals surface area (Å²) in [5.41, 5.74) is 0.774. The molecule has 0 saturated carbocycles. The number of benzene rings is 1. The molecule has 2 aliphatic rings. The van der Waals surface area contributed by atoms with Crippen molar-refractivity contribution in [1.82, 2.24) is 15.1 Å². The molecule has 1 aromatic carbocycles. The average Bonchev–Trinajstić information content (AvgIpc) is 3.11. The van der Waals surface area contributed by atoms with Gasteiger partial charge in [-0.2, -0.15) is 5.26 Å². The topological polar surface area (TPSA) is 103 Å². The van der Waals surface area contributed by atoms with Crippen molar-refractivity contribution in [3.63, 3.8) is 0 Å². The van der Waals surface area contributed by atoms with Crippen molar-refractivity contribution < 1.29 is 19.1 Å². The first kappa shape index (κ1) is 23.6. The van der Waals surface area contributed by atoms with Crippen LogP contribution >= 0.6 is 0 Å². The molecule has 2 unspecified atom stereocenters. The van der Waals surface area contributed by atoms with Crippen LogP contribution in [-0.4, -0.2) is 65.0 Å². The van der Waals surface area contributed by atoms with Crippen molar-refractivity contribution in [2.75, 3.05) is 19.6 Å². The van der Waals surface area contributed by atoms with Crippen LogP contribution in [0.5, 0.6) is 0 Å². The van der Waals surface area contributed by atoms with E-state index in [0.717, 1.165) is 24.8 Å². The van der Waals surface area contributed by atoms with Crippen LogP contribution < -0.4 is 5.32 Å². The minimum absolute atomic E-state index is 0.0553. The molecule has 3 amide bonds. The van der Waals surface area contributed by atoms with Gasteiger partial charge in [-0.25, -0.2) is 4.79 Å². The van der Waals surface area contributed by atoms with Gasteiger partial charge >= 0.3 is 6.09 Å². The first-order valence-corrected chi connectivity index (χ1v) is 11.3. The molecule has 2 atom stereocenters. The molecule has 2 heterocycles. The normalized spacial score (nSPS) is 19.9. The van der Waals surface area contributed by atoms with Gasteiger partial charge in [-0.3, -0.25) is 9.59 Å². The van der Waals surface area contributed by atoms with Crippen LogP contribution in [0.3, 0.4) is 0 Å². The SMILES string of the molecule is CC(C)(C)OC(=O)NC1CCN(C(Cc2ccc(C#N)cc2)C(=O)N2CCCCC2)C1=O. The van der Waals surface area contributed by atoms with Crippen LogP contribution in [-0.2, 0) is 20.7 Å². The lowest BCUT2D eigenvalue weighted by atomic mass is 10.0. The Hall–Kier alpha value is -3.08. The Balaban J connectivity index is 1.76. The summed E-state index contributed by atoms with van der Waals surface area (Å²) in [5, 5.41) is 11.7. The smallest absolute Gasteiger partial charge is 0.408 e. The summed E-state index contributed by atoms with van der Waals surface area (Å²) >= 11 is 0. The number of ether oxygens (including phenoxy) is 1. The second-order valence-electron chi connectivity index (χ2n) is 9.43. The van der Waals surface area contributed by atoms with Crippen LogP contribution in [0.1, 0.15) is 57.6 Å². The van der Waals surface area contributed by atoms with Crippen molar-refractivity contribution in [3.05, 3.63) is 35.4 Å². The molecule has 0 aromatic heterocycles. The lowest BCUT2D eigenvalue weighted by Crippen LogP contribution is -2.53. The molecule has 0 bridgehead atoms. The molecule has 172 valence electrons. The molecule has 0 radical (unpaired) electrons. The Morgan fingerprint density at radius 1 is 1.16 bits per heavy atom. The number of amides is 3. The minimum Gasteiger partial charge on any atom is -0.444 e. The van der Waals surface area contributed by atoms with E-state index in [-0.39, 0.29) is 11.8 Å². The average molecular weight is 441 g/mol. The Kier molecular flexibility index (Phi) is 7.39. The number of likely N-dealkylation sites (tertiary alicyclic amines) is 2. The maximum absolute atomic E-state index is 13.4. The van der Waals surface area contributed by atoms with Gasteiger partial charge < -0.3 is 19.9 Å². The van der Waals surface area contributed by atoms with Gasteiger partial charge in [0.15, 0.2) is 0 Å². The lowest BCUT2D eigenvalue weighted by Gasteiger charge is -2.34. The van der Waals surface area contributed by atoms with Crippen molar-refractivity contribution in [1.29, 1.82) is 5.26 Å². The number of carbonyl (C=O) groups is 3. The van der Waals surface area contributed by atoms with Crippen LogP contribution in [0.2, 0.25) is 0 Å². The van der Waals surface area contributed by atoms with E-state index in [1.54, 1.807) is 37.8 Å². The number of nitrogens with zero attached hydrogens (tertiary/aromatic N) is 3. The van der Waals surface area contributed by atoms with Crippen LogP contribution in [0, 0.1) is 11.3 Å². The number of hydrogen-bond donors (Lipinski definition) is 1. The van der Waals surface area contributed by atoms with Gasteiger partial charge in [0.25, 0.3) is 0 Å². The van der Waals surface area contributed by atoms with E-state index >= 15 is 0 Å². The van der Waals surface area contributed by atoms with Gasteiger partial charge in [-0.05, 0) is 64.2 Å². The van der Waals surface area contributed by atoms with Crippen LogP contribution in [0.25, 0.3) is 0 Å². The Bertz CT molecular complexity index is 879. The summed E-state index contributed by atoms with van der Waals surface area (Å²) in [6, 6.07) is 7.83. The molecule has 2 saturated heterocycles.